The molecule has 0 heterocycles. The maximum Gasteiger partial charge on any atom is 0.0636 e. The topological polar surface area (TPSA) is 32.3 Å². The summed E-state index contributed by atoms with van der Waals surface area (Å²) < 4.78 is 0. The summed E-state index contributed by atoms with van der Waals surface area (Å²) in [5, 5.41) is 12.5. The van der Waals surface area contributed by atoms with Gasteiger partial charge in [-0.05, 0) is 38.1 Å². The van der Waals surface area contributed by atoms with Crippen molar-refractivity contribution in [3.63, 3.8) is 0 Å². The van der Waals surface area contributed by atoms with Crippen LogP contribution in [0.5, 0.6) is 0 Å². The monoisotopic (exact) mass is 213 g/mol. The first kappa shape index (κ1) is 13.0. The summed E-state index contributed by atoms with van der Waals surface area (Å²) in [6, 6.07) is 0. The zero-order valence-electron chi connectivity index (χ0n) is 10.3. The fourth-order valence-corrected chi connectivity index (χ4v) is 2.63. The van der Waals surface area contributed by atoms with Crippen LogP contribution in [0.1, 0.15) is 52.4 Å². The lowest BCUT2D eigenvalue weighted by molar-refractivity contribution is 0.183. The molecule has 2 heteroatoms. The average molecular weight is 213 g/mol. The van der Waals surface area contributed by atoms with Gasteiger partial charge in [-0.2, -0.15) is 0 Å². The number of aliphatic hydroxyl groups is 1. The van der Waals surface area contributed by atoms with E-state index < -0.39 is 0 Å². The van der Waals surface area contributed by atoms with Gasteiger partial charge in [0.25, 0.3) is 0 Å². The molecule has 0 spiro atoms. The van der Waals surface area contributed by atoms with Crippen LogP contribution in [0, 0.1) is 11.8 Å². The molecule has 2 N–H and O–H groups in total. The summed E-state index contributed by atoms with van der Waals surface area (Å²) in [5.74, 6) is 1.86. The van der Waals surface area contributed by atoms with E-state index in [1.54, 1.807) is 0 Å². The van der Waals surface area contributed by atoms with Crippen molar-refractivity contribution in [2.24, 2.45) is 11.8 Å². The molecular formula is C13H27NO. The van der Waals surface area contributed by atoms with Gasteiger partial charge < -0.3 is 10.4 Å². The molecule has 90 valence electrons. The van der Waals surface area contributed by atoms with Crippen LogP contribution in [0.2, 0.25) is 0 Å². The Labute approximate surface area is 94.5 Å². The fraction of sp³-hybridized carbons (Fsp3) is 1.00. The van der Waals surface area contributed by atoms with Crippen LogP contribution in [-0.4, -0.2) is 24.3 Å². The van der Waals surface area contributed by atoms with Gasteiger partial charge in [-0.25, -0.2) is 0 Å². The number of nitrogens with one attached hydrogen (secondary N) is 1. The van der Waals surface area contributed by atoms with E-state index in [2.05, 4.69) is 12.2 Å². The van der Waals surface area contributed by atoms with Gasteiger partial charge in [0, 0.05) is 6.54 Å². The Kier molecular flexibility index (Phi) is 6.26. The molecule has 0 aromatic heterocycles. The van der Waals surface area contributed by atoms with Crippen molar-refractivity contribution in [3.8, 4) is 0 Å². The molecule has 1 aliphatic rings. The summed E-state index contributed by atoms with van der Waals surface area (Å²) in [4.78, 5) is 0. The lowest BCUT2D eigenvalue weighted by Gasteiger charge is -2.28. The van der Waals surface area contributed by atoms with E-state index in [1.807, 2.05) is 6.92 Å². The molecule has 1 aliphatic carbocycles. The van der Waals surface area contributed by atoms with E-state index in [4.69, 9.17) is 5.11 Å². The smallest absolute Gasteiger partial charge is 0.0636 e. The van der Waals surface area contributed by atoms with Crippen molar-refractivity contribution in [3.05, 3.63) is 0 Å². The lowest BCUT2D eigenvalue weighted by Crippen LogP contribution is -2.31. The Morgan fingerprint density at radius 3 is 2.33 bits per heavy atom. The largest absolute Gasteiger partial charge is 0.392 e. The number of hydrogen-bond acceptors (Lipinski definition) is 2. The van der Waals surface area contributed by atoms with Crippen LogP contribution in [0.15, 0.2) is 0 Å². The van der Waals surface area contributed by atoms with Gasteiger partial charge in [-0.1, -0.05) is 32.6 Å². The van der Waals surface area contributed by atoms with Gasteiger partial charge in [-0.15, -0.1) is 0 Å². The summed E-state index contributed by atoms with van der Waals surface area (Å²) in [7, 11) is 0. The van der Waals surface area contributed by atoms with E-state index in [9.17, 15) is 0 Å². The fourth-order valence-electron chi connectivity index (χ4n) is 2.63. The minimum atomic E-state index is -0.207. The highest BCUT2D eigenvalue weighted by atomic mass is 16.3. The first-order valence-electron chi connectivity index (χ1n) is 6.61. The maximum absolute atomic E-state index is 9.13. The molecule has 0 aromatic rings. The van der Waals surface area contributed by atoms with Gasteiger partial charge >= 0.3 is 0 Å². The highest BCUT2D eigenvalue weighted by Gasteiger charge is 2.19. The Bertz CT molecular complexity index is 151. The van der Waals surface area contributed by atoms with E-state index in [1.165, 1.54) is 38.5 Å². The SMILES string of the molecule is CCCC1CCC(CNC[C@@H](C)O)CC1. The molecule has 0 radical (unpaired) electrons. The standard InChI is InChI=1S/C13H27NO/c1-3-4-12-5-7-13(8-6-12)10-14-9-11(2)15/h11-15H,3-10H2,1-2H3/t11-,12?,13?/m1/s1. The molecule has 15 heavy (non-hydrogen) atoms. The van der Waals surface area contributed by atoms with E-state index in [-0.39, 0.29) is 6.10 Å². The van der Waals surface area contributed by atoms with Crippen molar-refractivity contribution in [1.82, 2.24) is 5.32 Å². The first-order chi connectivity index (χ1) is 7.22. The van der Waals surface area contributed by atoms with Crippen LogP contribution >= 0.6 is 0 Å². The molecule has 1 atom stereocenters. The summed E-state index contributed by atoms with van der Waals surface area (Å²) in [5.41, 5.74) is 0. The molecular weight excluding hydrogens is 186 g/mol. The van der Waals surface area contributed by atoms with Crippen LogP contribution in [0.4, 0.5) is 0 Å². The van der Waals surface area contributed by atoms with Crippen LogP contribution in [0.3, 0.4) is 0 Å². The molecule has 1 rings (SSSR count). The van der Waals surface area contributed by atoms with E-state index >= 15 is 0 Å². The molecule has 0 aliphatic heterocycles. The van der Waals surface area contributed by atoms with Crippen molar-refractivity contribution in [1.29, 1.82) is 0 Å². The van der Waals surface area contributed by atoms with Gasteiger partial charge in [-0.3, -0.25) is 0 Å². The van der Waals surface area contributed by atoms with Crippen LogP contribution < -0.4 is 5.32 Å². The van der Waals surface area contributed by atoms with Crippen molar-refractivity contribution < 1.29 is 5.11 Å². The van der Waals surface area contributed by atoms with Crippen molar-refractivity contribution in [2.45, 2.75) is 58.5 Å². The quantitative estimate of drug-likeness (QED) is 0.711. The second-order valence-corrected chi connectivity index (χ2v) is 5.18. The molecule has 0 unspecified atom stereocenters. The van der Waals surface area contributed by atoms with Crippen LogP contribution in [-0.2, 0) is 0 Å². The third kappa shape index (κ3) is 5.53. The molecule has 1 fully saturated rings. The predicted molar refractivity (Wildman–Crippen MR) is 64.9 cm³/mol. The number of rotatable bonds is 6. The predicted octanol–water partition coefficient (Wildman–Crippen LogP) is 2.56. The summed E-state index contributed by atoms with van der Waals surface area (Å²) >= 11 is 0. The molecule has 1 saturated carbocycles. The van der Waals surface area contributed by atoms with Crippen molar-refractivity contribution in [2.75, 3.05) is 13.1 Å². The van der Waals surface area contributed by atoms with Gasteiger partial charge in [0.1, 0.15) is 0 Å². The Hall–Kier alpha value is -0.0800. The minimum absolute atomic E-state index is 0.207. The molecule has 0 amide bonds. The molecule has 0 bridgehead atoms. The Balaban J connectivity index is 2.04. The third-order valence-electron chi connectivity index (χ3n) is 3.54. The van der Waals surface area contributed by atoms with Gasteiger partial charge in [0.2, 0.25) is 0 Å². The molecule has 0 aromatic carbocycles. The zero-order chi connectivity index (χ0) is 11.1. The first-order valence-corrected chi connectivity index (χ1v) is 6.61. The summed E-state index contributed by atoms with van der Waals surface area (Å²) in [6.07, 6.45) is 8.18. The van der Waals surface area contributed by atoms with E-state index in [0.29, 0.717) is 0 Å². The second-order valence-electron chi connectivity index (χ2n) is 5.18. The highest BCUT2D eigenvalue weighted by molar-refractivity contribution is 4.74. The number of hydrogen-bond donors (Lipinski definition) is 2. The average Bonchev–Trinajstić information content (AvgIpc) is 2.20. The van der Waals surface area contributed by atoms with Crippen LogP contribution in [0.25, 0.3) is 0 Å². The second kappa shape index (κ2) is 7.24. The third-order valence-corrected chi connectivity index (χ3v) is 3.54. The van der Waals surface area contributed by atoms with Crippen molar-refractivity contribution >= 4 is 0 Å². The highest BCUT2D eigenvalue weighted by Crippen LogP contribution is 2.30. The summed E-state index contributed by atoms with van der Waals surface area (Å²) in [6.45, 7) is 5.97. The Morgan fingerprint density at radius 2 is 1.80 bits per heavy atom. The normalized spacial score (nSPS) is 29.0. The zero-order valence-corrected chi connectivity index (χ0v) is 10.3. The molecule has 2 nitrogen and oxygen atoms in total. The van der Waals surface area contributed by atoms with Gasteiger partial charge in [0.15, 0.2) is 0 Å². The lowest BCUT2D eigenvalue weighted by atomic mass is 9.80. The maximum atomic E-state index is 9.13. The number of aliphatic hydroxyl groups excluding tert-OH is 1. The molecule has 0 saturated heterocycles. The Morgan fingerprint density at radius 1 is 1.20 bits per heavy atom. The van der Waals surface area contributed by atoms with E-state index in [0.717, 1.165) is 24.9 Å². The minimum Gasteiger partial charge on any atom is -0.392 e. The van der Waals surface area contributed by atoms with Gasteiger partial charge in [0.05, 0.1) is 6.10 Å².